The minimum absolute atomic E-state index is 0.439. The SMILES string of the molecule is c1cc2oc3nc2c(c1)c1nc2c(cccc2c2nc4c(cccc4c4nc5c(cccc35)o4)o2)o1. The average Bonchev–Trinajstić information content (AvgIpc) is 3.69. The Labute approximate surface area is 199 Å². The van der Waals surface area contributed by atoms with E-state index in [1.807, 2.05) is 72.8 Å². The zero-order chi connectivity index (χ0) is 23.4. The van der Waals surface area contributed by atoms with Gasteiger partial charge in [-0.2, -0.15) is 0 Å². The lowest BCUT2D eigenvalue weighted by molar-refractivity contribution is 0.659. The van der Waals surface area contributed by atoms with Crippen molar-refractivity contribution >= 4 is 88.8 Å². The van der Waals surface area contributed by atoms with Crippen LogP contribution >= 0.6 is 0 Å². The quantitative estimate of drug-likeness (QED) is 0.226. The van der Waals surface area contributed by atoms with Crippen molar-refractivity contribution in [2.75, 3.05) is 0 Å². The second kappa shape index (κ2) is 6.25. The Morgan fingerprint density at radius 1 is 0.333 bits per heavy atom. The molecule has 0 radical (unpaired) electrons. The molecule has 0 aliphatic carbocycles. The maximum absolute atomic E-state index is 6.19. The molecule has 0 aliphatic rings. The number of fused-ring (bicyclic) bond motifs is 8. The number of aromatic nitrogens is 4. The van der Waals surface area contributed by atoms with Crippen LogP contribution in [-0.2, 0) is 0 Å². The topological polar surface area (TPSA) is 104 Å². The minimum Gasteiger partial charge on any atom is -0.436 e. The Hall–Kier alpha value is -5.24. The van der Waals surface area contributed by atoms with Crippen LogP contribution in [-0.4, -0.2) is 19.9 Å². The van der Waals surface area contributed by atoms with E-state index in [0.29, 0.717) is 67.3 Å². The molecule has 0 fully saturated rings. The molecule has 0 amide bonds. The van der Waals surface area contributed by atoms with Crippen LogP contribution < -0.4 is 0 Å². The second-order valence-corrected chi connectivity index (χ2v) is 8.69. The molecule has 5 heterocycles. The van der Waals surface area contributed by atoms with Gasteiger partial charge in [0.1, 0.15) is 22.1 Å². The van der Waals surface area contributed by atoms with Gasteiger partial charge in [-0.3, -0.25) is 0 Å². The van der Waals surface area contributed by atoms with Gasteiger partial charge in [0.15, 0.2) is 22.3 Å². The van der Waals surface area contributed by atoms with Crippen LogP contribution in [0.2, 0.25) is 0 Å². The van der Waals surface area contributed by atoms with E-state index >= 15 is 0 Å². The molecule has 8 nitrogen and oxygen atoms in total. The number of hydrogen-bond donors (Lipinski definition) is 0. The first-order valence-corrected chi connectivity index (χ1v) is 11.4. The molecule has 8 heteroatoms. The van der Waals surface area contributed by atoms with Crippen molar-refractivity contribution in [2.24, 2.45) is 0 Å². The van der Waals surface area contributed by atoms with Crippen molar-refractivity contribution in [1.82, 2.24) is 19.9 Å². The summed E-state index contributed by atoms with van der Waals surface area (Å²) in [5, 5.41) is 2.91. The van der Waals surface area contributed by atoms with E-state index in [4.69, 9.17) is 37.6 Å². The predicted octanol–water partition coefficient (Wildman–Crippen LogP) is 7.43. The lowest BCUT2D eigenvalue weighted by Crippen LogP contribution is -1.76. The summed E-state index contributed by atoms with van der Waals surface area (Å²) in [5.41, 5.74) is 6.84. The van der Waals surface area contributed by atoms with Crippen LogP contribution in [0, 0.1) is 0 Å². The highest BCUT2D eigenvalue weighted by Gasteiger charge is 2.16. The molecule has 0 saturated heterocycles. The van der Waals surface area contributed by atoms with Gasteiger partial charge in [0.2, 0.25) is 22.9 Å². The standard InChI is InChI=1S/C28H12N4O4/c1-5-13-21-17(9-1)33-26(29-21)14-6-2-11-19-23(14)31-28(35-19)16-8-4-12-20-24(16)32-27(36-20)15-7-3-10-18-22(15)30-25(13)34-18/h1-12H. The Kier molecular flexibility index (Phi) is 3.15. The van der Waals surface area contributed by atoms with Crippen LogP contribution in [0.3, 0.4) is 0 Å². The number of rotatable bonds is 0. The fourth-order valence-electron chi connectivity index (χ4n) is 4.95. The predicted molar refractivity (Wildman–Crippen MR) is 136 cm³/mol. The van der Waals surface area contributed by atoms with Gasteiger partial charge in [-0.1, -0.05) is 24.3 Å². The van der Waals surface area contributed by atoms with Gasteiger partial charge in [-0.05, 0) is 48.5 Å². The third-order valence-electron chi connectivity index (χ3n) is 6.60. The Balaban J connectivity index is 1.64. The van der Waals surface area contributed by atoms with Crippen molar-refractivity contribution in [3.05, 3.63) is 72.8 Å². The summed E-state index contributed by atoms with van der Waals surface area (Å²) in [6, 6.07) is 22.8. The third kappa shape index (κ3) is 2.27. The fraction of sp³-hybridized carbons (Fsp3) is 0. The first-order chi connectivity index (χ1) is 17.8. The summed E-state index contributed by atoms with van der Waals surface area (Å²) in [5.74, 6) is 0. The van der Waals surface area contributed by atoms with Gasteiger partial charge in [0.25, 0.3) is 0 Å². The second-order valence-electron chi connectivity index (χ2n) is 8.69. The van der Waals surface area contributed by atoms with E-state index < -0.39 is 0 Å². The molecule has 0 saturated carbocycles. The summed E-state index contributed by atoms with van der Waals surface area (Å²) in [6.45, 7) is 0. The zero-order valence-electron chi connectivity index (χ0n) is 18.4. The van der Waals surface area contributed by atoms with E-state index in [9.17, 15) is 0 Å². The lowest BCUT2D eigenvalue weighted by Gasteiger charge is -1.88. The van der Waals surface area contributed by atoms with E-state index in [0.717, 1.165) is 21.5 Å². The molecule has 0 aliphatic heterocycles. The molecule has 36 heavy (non-hydrogen) atoms. The van der Waals surface area contributed by atoms with Gasteiger partial charge < -0.3 is 17.7 Å². The van der Waals surface area contributed by atoms with Crippen LogP contribution in [0.15, 0.2) is 90.5 Å². The van der Waals surface area contributed by atoms with E-state index in [1.165, 1.54) is 0 Å². The maximum Gasteiger partial charge on any atom is 0.229 e. The Morgan fingerprint density at radius 2 is 0.583 bits per heavy atom. The number of para-hydroxylation sites is 4. The Morgan fingerprint density at radius 3 is 0.833 bits per heavy atom. The van der Waals surface area contributed by atoms with Crippen LogP contribution in [0.1, 0.15) is 0 Å². The summed E-state index contributed by atoms with van der Waals surface area (Å²) in [7, 11) is 0. The highest BCUT2D eigenvalue weighted by molar-refractivity contribution is 6.09. The summed E-state index contributed by atoms with van der Waals surface area (Å²) >= 11 is 0. The molecule has 0 atom stereocenters. The molecule has 0 N–H and O–H groups in total. The minimum atomic E-state index is 0.439. The normalized spacial score (nSPS) is 12.4. The maximum atomic E-state index is 6.19. The first kappa shape index (κ1) is 18.1. The van der Waals surface area contributed by atoms with E-state index in [2.05, 4.69) is 0 Å². The van der Waals surface area contributed by atoms with Gasteiger partial charge in [0.05, 0.1) is 21.5 Å². The highest BCUT2D eigenvalue weighted by atomic mass is 16.4. The zero-order valence-corrected chi connectivity index (χ0v) is 18.4. The number of benzene rings is 4. The number of hydrogen-bond acceptors (Lipinski definition) is 8. The largest absolute Gasteiger partial charge is 0.436 e. The first-order valence-electron chi connectivity index (χ1n) is 11.4. The smallest absolute Gasteiger partial charge is 0.229 e. The monoisotopic (exact) mass is 468 g/mol. The molecule has 5 aromatic heterocycles. The molecule has 168 valence electrons. The summed E-state index contributed by atoms with van der Waals surface area (Å²) in [4.78, 5) is 19.4. The van der Waals surface area contributed by atoms with Crippen molar-refractivity contribution in [3.63, 3.8) is 0 Å². The molecule has 9 rings (SSSR count). The van der Waals surface area contributed by atoms with E-state index in [1.54, 1.807) is 0 Å². The van der Waals surface area contributed by atoms with Crippen molar-refractivity contribution < 1.29 is 17.7 Å². The molecule has 0 unspecified atom stereocenters. The highest BCUT2D eigenvalue weighted by Crippen LogP contribution is 2.34. The van der Waals surface area contributed by atoms with Gasteiger partial charge >= 0.3 is 0 Å². The van der Waals surface area contributed by atoms with Crippen LogP contribution in [0.4, 0.5) is 0 Å². The van der Waals surface area contributed by atoms with Crippen LogP contribution in [0.5, 0.6) is 0 Å². The summed E-state index contributed by atoms with van der Waals surface area (Å²) in [6.07, 6.45) is 0. The molecule has 4 aromatic carbocycles. The van der Waals surface area contributed by atoms with E-state index in [-0.39, 0.29) is 0 Å². The number of nitrogens with zero attached hydrogens (tertiary/aromatic N) is 4. The molecular formula is C28H12N4O4. The van der Waals surface area contributed by atoms with Crippen LogP contribution in [0.25, 0.3) is 88.8 Å². The summed E-state index contributed by atoms with van der Waals surface area (Å²) < 4.78 is 24.8. The Bertz CT molecular complexity index is 2050. The van der Waals surface area contributed by atoms with Gasteiger partial charge in [-0.25, -0.2) is 19.9 Å². The fourth-order valence-corrected chi connectivity index (χ4v) is 4.95. The van der Waals surface area contributed by atoms with Gasteiger partial charge in [-0.15, -0.1) is 0 Å². The number of oxazole rings is 4. The molecule has 0 spiro atoms. The third-order valence-corrected chi connectivity index (χ3v) is 6.60. The average molecular weight is 468 g/mol. The van der Waals surface area contributed by atoms with Crippen molar-refractivity contribution in [1.29, 1.82) is 0 Å². The molecule has 8 bridgehead atoms. The lowest BCUT2D eigenvalue weighted by atomic mass is 10.2. The van der Waals surface area contributed by atoms with Gasteiger partial charge in [0, 0.05) is 0 Å². The van der Waals surface area contributed by atoms with Crippen molar-refractivity contribution in [2.45, 2.75) is 0 Å². The molecular weight excluding hydrogens is 456 g/mol. The molecule has 9 aromatic rings. The van der Waals surface area contributed by atoms with Crippen molar-refractivity contribution in [3.8, 4) is 0 Å².